The molecule has 0 aliphatic heterocycles. The van der Waals surface area contributed by atoms with Gasteiger partial charge in [-0.2, -0.15) is 0 Å². The van der Waals surface area contributed by atoms with Gasteiger partial charge in [0.15, 0.2) is 5.84 Å². The lowest BCUT2D eigenvalue weighted by Gasteiger charge is -2.06. The van der Waals surface area contributed by atoms with Crippen molar-refractivity contribution in [1.82, 2.24) is 0 Å². The highest BCUT2D eigenvalue weighted by molar-refractivity contribution is 6.05. The molecule has 2 aromatic rings. The number of nitrogens with zero attached hydrogens (tertiary/aromatic N) is 1. The Morgan fingerprint density at radius 3 is 2.23 bits per heavy atom. The van der Waals surface area contributed by atoms with Crippen LogP contribution in [-0.2, 0) is 0 Å². The highest BCUT2D eigenvalue weighted by atomic mass is 16.4. The smallest absolute Gasteiger partial charge is 0.335 e. The molecule has 0 saturated carbocycles. The maximum atomic E-state index is 12.1. The van der Waals surface area contributed by atoms with Crippen molar-refractivity contribution in [3.8, 4) is 0 Å². The summed E-state index contributed by atoms with van der Waals surface area (Å²) in [5.41, 5.74) is 8.00. The quantitative estimate of drug-likeness (QED) is 0.393. The number of carboxylic acid groups (broad SMARTS) is 1. The van der Waals surface area contributed by atoms with Crippen molar-refractivity contribution in [3.05, 3.63) is 65.2 Å². The average molecular weight is 296 g/mol. The van der Waals surface area contributed by atoms with E-state index in [1.54, 1.807) is 12.1 Å². The Balaban J connectivity index is 2.15. The molecule has 0 aliphatic carbocycles. The number of rotatable bonds is 4. The average Bonchev–Trinajstić information content (AvgIpc) is 2.54. The topological polar surface area (TPSA) is 126 Å². The molecule has 7 heteroatoms. The third-order valence-electron chi connectivity index (χ3n) is 2.90. The van der Waals surface area contributed by atoms with E-state index in [1.807, 2.05) is 0 Å². The first-order valence-electron chi connectivity index (χ1n) is 6.22. The molecule has 0 spiro atoms. The second kappa shape index (κ2) is 6.40. The van der Waals surface area contributed by atoms with Gasteiger partial charge in [0.1, 0.15) is 0 Å². The number of hydrogen-bond donors (Lipinski definition) is 4. The van der Waals surface area contributed by atoms with Gasteiger partial charge in [-0.1, -0.05) is 18.2 Å². The highest BCUT2D eigenvalue weighted by Gasteiger charge is 2.09. The molecule has 0 bridgehead atoms. The number of hydrogen-bond acceptors (Lipinski definition) is 4. The molecular weight excluding hydrogens is 284 g/mol. The number of nitrogens with one attached hydrogen (secondary N) is 3. The Hall–Kier alpha value is -3.35. The lowest BCUT2D eigenvalue weighted by Crippen LogP contribution is -2.12. The summed E-state index contributed by atoms with van der Waals surface area (Å²) in [7, 11) is 0. The van der Waals surface area contributed by atoms with Crippen LogP contribution in [0.1, 0.15) is 26.3 Å². The minimum atomic E-state index is -1.07. The van der Waals surface area contributed by atoms with Crippen LogP contribution in [0.2, 0.25) is 0 Å². The van der Waals surface area contributed by atoms with E-state index in [0.29, 0.717) is 16.8 Å². The van der Waals surface area contributed by atoms with Crippen molar-refractivity contribution in [2.75, 3.05) is 5.32 Å². The van der Waals surface area contributed by atoms with Gasteiger partial charge in [-0.25, -0.2) is 10.3 Å². The fourth-order valence-electron chi connectivity index (χ4n) is 1.78. The molecule has 2 aromatic carbocycles. The van der Waals surface area contributed by atoms with E-state index >= 15 is 0 Å². The maximum Gasteiger partial charge on any atom is 0.335 e. The van der Waals surface area contributed by atoms with Crippen molar-refractivity contribution < 1.29 is 14.7 Å². The van der Waals surface area contributed by atoms with Crippen molar-refractivity contribution in [2.45, 2.75) is 0 Å². The summed E-state index contributed by atoms with van der Waals surface area (Å²) in [5.74, 6) is -1.66. The third kappa shape index (κ3) is 3.40. The van der Waals surface area contributed by atoms with Gasteiger partial charge in [0, 0.05) is 16.8 Å². The van der Waals surface area contributed by atoms with Gasteiger partial charge in [0.25, 0.3) is 5.91 Å². The molecule has 1 amide bonds. The van der Waals surface area contributed by atoms with E-state index in [4.69, 9.17) is 16.0 Å². The Bertz CT molecular complexity index is 754. The fourth-order valence-corrected chi connectivity index (χ4v) is 1.78. The Morgan fingerprint density at radius 1 is 1.00 bits per heavy atom. The van der Waals surface area contributed by atoms with Gasteiger partial charge < -0.3 is 10.4 Å². The number of carboxylic acids is 1. The van der Waals surface area contributed by atoms with Crippen LogP contribution in [0.3, 0.4) is 0 Å². The number of amidine groups is 1. The molecule has 0 atom stereocenters. The van der Waals surface area contributed by atoms with Crippen LogP contribution in [-0.4, -0.2) is 22.8 Å². The van der Waals surface area contributed by atoms with E-state index < -0.39 is 11.9 Å². The number of amides is 1. The third-order valence-corrected chi connectivity index (χ3v) is 2.90. The van der Waals surface area contributed by atoms with Crippen LogP contribution in [0.25, 0.3) is 0 Å². The number of anilines is 1. The van der Waals surface area contributed by atoms with Crippen LogP contribution in [0, 0.1) is 10.9 Å². The monoisotopic (exact) mass is 296 g/mol. The molecule has 22 heavy (non-hydrogen) atoms. The van der Waals surface area contributed by atoms with E-state index in [0.717, 1.165) is 0 Å². The summed E-state index contributed by atoms with van der Waals surface area (Å²) >= 11 is 0. The summed E-state index contributed by atoms with van der Waals surface area (Å²) in [5, 5.41) is 21.9. The van der Waals surface area contributed by atoms with Crippen LogP contribution in [0.15, 0.2) is 53.6 Å². The zero-order chi connectivity index (χ0) is 16.1. The summed E-state index contributed by atoms with van der Waals surface area (Å²) in [6.45, 7) is 0. The Morgan fingerprint density at radius 2 is 1.64 bits per heavy atom. The van der Waals surface area contributed by atoms with Crippen LogP contribution in [0.4, 0.5) is 5.69 Å². The highest BCUT2D eigenvalue weighted by Crippen LogP contribution is 2.13. The minimum Gasteiger partial charge on any atom is -0.478 e. The normalized spacial score (nSPS) is 9.82. The first-order chi connectivity index (χ1) is 10.5. The van der Waals surface area contributed by atoms with Gasteiger partial charge in [-0.3, -0.25) is 10.2 Å². The van der Waals surface area contributed by atoms with E-state index in [1.165, 1.54) is 36.4 Å². The molecule has 0 radical (unpaired) electrons. The summed E-state index contributed by atoms with van der Waals surface area (Å²) in [4.78, 5) is 23.0. The van der Waals surface area contributed by atoms with Crippen LogP contribution < -0.4 is 5.32 Å². The van der Waals surface area contributed by atoms with Gasteiger partial charge in [-0.05, 0) is 30.3 Å². The lowest BCUT2D eigenvalue weighted by atomic mass is 10.1. The van der Waals surface area contributed by atoms with Crippen molar-refractivity contribution in [1.29, 1.82) is 10.9 Å². The largest absolute Gasteiger partial charge is 0.478 e. The van der Waals surface area contributed by atoms with Gasteiger partial charge >= 0.3 is 5.97 Å². The predicted octanol–water partition coefficient (Wildman–Crippen LogP) is 2.99. The molecule has 0 aromatic heterocycles. The molecule has 7 nitrogen and oxygen atoms in total. The zero-order valence-corrected chi connectivity index (χ0v) is 11.3. The Labute approximate surface area is 125 Å². The molecule has 0 saturated heterocycles. The zero-order valence-electron chi connectivity index (χ0n) is 11.3. The molecule has 4 N–H and O–H groups in total. The van der Waals surface area contributed by atoms with E-state index in [9.17, 15) is 9.59 Å². The number of carbonyl (C=O) groups excluding carboxylic acids is 1. The van der Waals surface area contributed by atoms with Gasteiger partial charge in [0.2, 0.25) is 0 Å². The fraction of sp³-hybridized carbons (Fsp3) is 0. The lowest BCUT2D eigenvalue weighted by molar-refractivity contribution is 0.0696. The maximum absolute atomic E-state index is 12.1. The van der Waals surface area contributed by atoms with Gasteiger partial charge in [-0.15, -0.1) is 5.11 Å². The number of benzene rings is 2. The SMILES string of the molecule is N=NC(=N)c1ccc(C(=O)Nc2cccc(C(=O)O)c2)cc1. The van der Waals surface area contributed by atoms with Crippen molar-refractivity contribution in [2.24, 2.45) is 5.11 Å². The summed E-state index contributed by atoms with van der Waals surface area (Å²) in [6.07, 6.45) is 0. The first-order valence-corrected chi connectivity index (χ1v) is 6.22. The second-order valence-electron chi connectivity index (χ2n) is 4.38. The van der Waals surface area contributed by atoms with E-state index in [-0.39, 0.29) is 11.4 Å². The molecule has 2 rings (SSSR count). The minimum absolute atomic E-state index is 0.0821. The molecule has 0 fully saturated rings. The van der Waals surface area contributed by atoms with Crippen LogP contribution >= 0.6 is 0 Å². The molecule has 0 unspecified atom stereocenters. The summed E-state index contributed by atoms with van der Waals surface area (Å²) < 4.78 is 0. The summed E-state index contributed by atoms with van der Waals surface area (Å²) in [6, 6.07) is 12.0. The van der Waals surface area contributed by atoms with Crippen molar-refractivity contribution in [3.63, 3.8) is 0 Å². The van der Waals surface area contributed by atoms with Crippen molar-refractivity contribution >= 4 is 23.4 Å². The molecule has 110 valence electrons. The standard InChI is InChI=1S/C15H12N4O3/c16-13(19-17)9-4-6-10(7-5-9)14(20)18-12-3-1-2-11(8-12)15(21)22/h1-8,16-17H,(H,18,20)(H,21,22). The molecule has 0 heterocycles. The molecule has 0 aliphatic rings. The first kappa shape index (κ1) is 15.0. The molecular formula is C15H12N4O3. The second-order valence-corrected chi connectivity index (χ2v) is 4.38. The predicted molar refractivity (Wildman–Crippen MR) is 79.8 cm³/mol. The van der Waals surface area contributed by atoms with E-state index in [2.05, 4.69) is 10.4 Å². The number of carbonyl (C=O) groups is 2. The number of aromatic carboxylic acids is 1. The Kier molecular flexibility index (Phi) is 4.38. The van der Waals surface area contributed by atoms with Gasteiger partial charge in [0.05, 0.1) is 5.56 Å². The van der Waals surface area contributed by atoms with Crippen LogP contribution in [0.5, 0.6) is 0 Å².